The molecule has 4 aromatic heterocycles. The van der Waals surface area contributed by atoms with Crippen LogP contribution in [0.3, 0.4) is 0 Å². The highest BCUT2D eigenvalue weighted by Gasteiger charge is 2.46. The number of aromatic amines is 2. The lowest BCUT2D eigenvalue weighted by Gasteiger charge is -2.38. The summed E-state index contributed by atoms with van der Waals surface area (Å²) in [6.07, 6.45) is 10.3. The number of amides is 1. The molecule has 6 heterocycles. The van der Waals surface area contributed by atoms with Gasteiger partial charge >= 0.3 is 0 Å². The molecule has 0 aromatic carbocycles. The number of H-pyrrole nitrogens is 2. The second-order valence-electron chi connectivity index (χ2n) is 8.87. The van der Waals surface area contributed by atoms with E-state index in [4.69, 9.17) is 10.7 Å². The van der Waals surface area contributed by atoms with Crippen molar-refractivity contribution in [2.24, 2.45) is 0 Å². The van der Waals surface area contributed by atoms with Gasteiger partial charge in [0.2, 0.25) is 5.82 Å². The van der Waals surface area contributed by atoms with E-state index in [9.17, 15) is 13.2 Å². The first-order chi connectivity index (χ1) is 16.3. The Labute approximate surface area is 193 Å². The van der Waals surface area contributed by atoms with Crippen LogP contribution in [-0.4, -0.2) is 77.5 Å². The number of nitrogens with two attached hydrogens (primary N) is 1. The predicted molar refractivity (Wildman–Crippen MR) is 119 cm³/mol. The zero-order chi connectivity index (χ0) is 23.6. The number of nitrogens with one attached hydrogen (secondary N) is 2. The van der Waals surface area contributed by atoms with Crippen LogP contribution in [0.4, 0.5) is 5.82 Å². The van der Waals surface area contributed by atoms with Crippen molar-refractivity contribution >= 4 is 27.2 Å². The molecule has 1 unspecified atom stereocenters. The summed E-state index contributed by atoms with van der Waals surface area (Å²) in [5, 5.41) is 18.6. The van der Waals surface area contributed by atoms with E-state index in [1.54, 1.807) is 18.6 Å². The number of carbonyl (C=O) groups excluding carboxylic acids is 1. The highest BCUT2D eigenvalue weighted by molar-refractivity contribution is 7.91. The van der Waals surface area contributed by atoms with E-state index in [-0.39, 0.29) is 40.4 Å². The molecule has 14 heteroatoms. The fraction of sp³-hybridized carbons (Fsp3) is 0.400. The predicted octanol–water partition coefficient (Wildman–Crippen LogP) is 0.774. The monoisotopic (exact) mass is 482 g/mol. The van der Waals surface area contributed by atoms with E-state index in [1.807, 2.05) is 4.90 Å². The third kappa shape index (κ3) is 3.09. The van der Waals surface area contributed by atoms with Gasteiger partial charge in [-0.15, -0.1) is 10.2 Å². The SMILES string of the molecule is CS(=O)(=O)c1c(C2C[C@H]3CC[C@@H](C2)N3C(=O)c2nnc[nH]2)nc2c(-c3cn[nH]c3)cnn2c1N. The molecule has 2 fully saturated rings. The Morgan fingerprint density at radius 1 is 1.21 bits per heavy atom. The molecular weight excluding hydrogens is 460 g/mol. The highest BCUT2D eigenvalue weighted by Crippen LogP contribution is 2.45. The number of nitrogen functional groups attached to an aromatic ring is 1. The molecule has 13 nitrogen and oxygen atoms in total. The van der Waals surface area contributed by atoms with Crippen LogP contribution in [-0.2, 0) is 9.84 Å². The van der Waals surface area contributed by atoms with Gasteiger partial charge < -0.3 is 15.6 Å². The van der Waals surface area contributed by atoms with Gasteiger partial charge in [-0.25, -0.2) is 13.4 Å². The molecule has 0 radical (unpaired) electrons. The summed E-state index contributed by atoms with van der Waals surface area (Å²) >= 11 is 0. The Balaban J connectivity index is 1.45. The zero-order valence-corrected chi connectivity index (χ0v) is 19.0. The van der Waals surface area contributed by atoms with E-state index in [1.165, 1.54) is 10.8 Å². The van der Waals surface area contributed by atoms with Crippen molar-refractivity contribution in [3.8, 4) is 11.1 Å². The third-order valence-corrected chi connectivity index (χ3v) is 7.98. The minimum absolute atomic E-state index is 0.00116. The Bertz CT molecular complexity index is 1480. The average molecular weight is 483 g/mol. The molecule has 34 heavy (non-hydrogen) atoms. The zero-order valence-electron chi connectivity index (χ0n) is 18.2. The number of carbonyl (C=O) groups is 1. The molecule has 2 aliphatic heterocycles. The molecule has 2 saturated heterocycles. The number of anilines is 1. The molecule has 176 valence electrons. The smallest absolute Gasteiger partial charge is 0.292 e. The van der Waals surface area contributed by atoms with Crippen LogP contribution in [0.1, 0.15) is 47.9 Å². The number of aromatic nitrogens is 8. The quantitative estimate of drug-likeness (QED) is 0.378. The molecule has 6 rings (SSSR count). The summed E-state index contributed by atoms with van der Waals surface area (Å²) in [5.41, 5.74) is 8.74. The molecule has 1 amide bonds. The van der Waals surface area contributed by atoms with E-state index in [0.717, 1.165) is 24.7 Å². The molecule has 2 bridgehead atoms. The van der Waals surface area contributed by atoms with Crippen molar-refractivity contribution in [3.63, 3.8) is 0 Å². The maximum atomic E-state index is 13.0. The van der Waals surface area contributed by atoms with Crippen molar-refractivity contribution in [1.82, 2.24) is 44.9 Å². The molecule has 0 spiro atoms. The summed E-state index contributed by atoms with van der Waals surface area (Å²) in [6, 6.07) is -0.0995. The molecule has 0 saturated carbocycles. The minimum atomic E-state index is -3.70. The van der Waals surface area contributed by atoms with Gasteiger partial charge in [-0.3, -0.25) is 9.89 Å². The van der Waals surface area contributed by atoms with Gasteiger partial charge in [-0.05, 0) is 25.7 Å². The fourth-order valence-corrected chi connectivity index (χ4v) is 6.50. The van der Waals surface area contributed by atoms with Gasteiger partial charge in [-0.2, -0.15) is 14.7 Å². The Hall–Kier alpha value is -3.81. The summed E-state index contributed by atoms with van der Waals surface area (Å²) in [5.74, 6) is -0.127. The van der Waals surface area contributed by atoms with Crippen molar-refractivity contribution < 1.29 is 13.2 Å². The Morgan fingerprint density at radius 3 is 2.59 bits per heavy atom. The molecule has 4 aromatic rings. The van der Waals surface area contributed by atoms with Crippen molar-refractivity contribution in [2.75, 3.05) is 12.0 Å². The van der Waals surface area contributed by atoms with Gasteiger partial charge in [0.05, 0.1) is 18.1 Å². The standard InChI is InChI=1S/C20H22N10O3S/c1-34(32,33)16-15(27-19-14(11-6-23-24-7-11)8-26-30(19)17(16)21)10-4-12-2-3-13(5-10)29(12)20(31)18-22-9-25-28-18/h6-10,12-13H,2-5,21H2,1H3,(H,23,24)(H,22,25,28)/t10?,12-,13+. The molecule has 4 N–H and O–H groups in total. The van der Waals surface area contributed by atoms with Crippen LogP contribution in [0.25, 0.3) is 16.8 Å². The number of sulfone groups is 1. The van der Waals surface area contributed by atoms with Gasteiger partial charge in [0.1, 0.15) is 17.0 Å². The van der Waals surface area contributed by atoms with Crippen LogP contribution in [0, 0.1) is 0 Å². The number of hydrogen-bond acceptors (Lipinski definition) is 9. The second kappa shape index (κ2) is 7.35. The number of rotatable bonds is 4. The highest BCUT2D eigenvalue weighted by atomic mass is 32.2. The largest absolute Gasteiger partial charge is 0.382 e. The number of hydrogen-bond donors (Lipinski definition) is 3. The first-order valence-electron chi connectivity index (χ1n) is 10.9. The lowest BCUT2D eigenvalue weighted by atomic mass is 9.87. The minimum Gasteiger partial charge on any atom is -0.382 e. The molecular formula is C20H22N10O3S. The van der Waals surface area contributed by atoms with Crippen LogP contribution >= 0.6 is 0 Å². The second-order valence-corrected chi connectivity index (χ2v) is 10.8. The van der Waals surface area contributed by atoms with Crippen molar-refractivity contribution in [1.29, 1.82) is 0 Å². The van der Waals surface area contributed by atoms with Crippen LogP contribution in [0.2, 0.25) is 0 Å². The van der Waals surface area contributed by atoms with Gasteiger partial charge in [0, 0.05) is 41.6 Å². The lowest BCUT2D eigenvalue weighted by Crippen LogP contribution is -2.46. The first-order valence-corrected chi connectivity index (χ1v) is 12.8. The average Bonchev–Trinajstić information content (AvgIpc) is 3.58. The summed E-state index contributed by atoms with van der Waals surface area (Å²) in [4.78, 5) is 22.5. The maximum absolute atomic E-state index is 13.0. The van der Waals surface area contributed by atoms with Gasteiger partial charge in [0.15, 0.2) is 15.5 Å². The summed E-state index contributed by atoms with van der Waals surface area (Å²) in [7, 11) is -3.70. The fourth-order valence-electron chi connectivity index (χ4n) is 5.44. The van der Waals surface area contributed by atoms with Crippen molar-refractivity contribution in [2.45, 2.75) is 48.6 Å². The maximum Gasteiger partial charge on any atom is 0.292 e. The van der Waals surface area contributed by atoms with Gasteiger partial charge in [-0.1, -0.05) is 0 Å². The third-order valence-electron chi connectivity index (χ3n) is 6.82. The van der Waals surface area contributed by atoms with Crippen LogP contribution in [0.5, 0.6) is 0 Å². The van der Waals surface area contributed by atoms with Crippen LogP contribution < -0.4 is 5.73 Å². The number of nitrogens with zero attached hydrogens (tertiary/aromatic N) is 7. The Morgan fingerprint density at radius 2 is 1.97 bits per heavy atom. The summed E-state index contributed by atoms with van der Waals surface area (Å²) in [6.45, 7) is 0. The number of fused-ring (bicyclic) bond motifs is 3. The molecule has 0 aliphatic carbocycles. The van der Waals surface area contributed by atoms with E-state index >= 15 is 0 Å². The lowest BCUT2D eigenvalue weighted by molar-refractivity contribution is 0.0556. The Kier molecular flexibility index (Phi) is 4.49. The normalized spacial score (nSPS) is 22.5. The topological polar surface area (TPSA) is 181 Å². The number of piperidine rings is 1. The van der Waals surface area contributed by atoms with E-state index < -0.39 is 9.84 Å². The van der Waals surface area contributed by atoms with E-state index in [0.29, 0.717) is 29.7 Å². The van der Waals surface area contributed by atoms with E-state index in [2.05, 4.69) is 30.5 Å². The van der Waals surface area contributed by atoms with Crippen LogP contribution in [0.15, 0.2) is 29.8 Å². The summed E-state index contributed by atoms with van der Waals surface area (Å²) < 4.78 is 27.0. The molecule has 2 aliphatic rings. The first kappa shape index (κ1) is 20.8. The van der Waals surface area contributed by atoms with Crippen molar-refractivity contribution in [3.05, 3.63) is 36.4 Å². The van der Waals surface area contributed by atoms with Gasteiger partial charge in [0.25, 0.3) is 5.91 Å². The molecule has 3 atom stereocenters.